The molecule has 0 aliphatic heterocycles. The van der Waals surface area contributed by atoms with Gasteiger partial charge in [0.1, 0.15) is 5.75 Å². The minimum atomic E-state index is 0.555. The fraction of sp³-hybridized carbons (Fsp3) is 0.571. The molecule has 0 aromatic heterocycles. The van der Waals surface area contributed by atoms with Crippen molar-refractivity contribution in [2.45, 2.75) is 39.2 Å². The van der Waals surface area contributed by atoms with E-state index in [0.29, 0.717) is 6.04 Å². The first-order chi connectivity index (χ1) is 7.77. The Balaban J connectivity index is 2.56. The van der Waals surface area contributed by atoms with Gasteiger partial charge in [-0.25, -0.2) is 0 Å². The van der Waals surface area contributed by atoms with Crippen LogP contribution in [0.1, 0.15) is 32.3 Å². The Morgan fingerprint density at radius 3 is 2.75 bits per heavy atom. The summed E-state index contributed by atoms with van der Waals surface area (Å²) in [4.78, 5) is 0. The fourth-order valence-electron chi connectivity index (χ4n) is 1.58. The Bertz CT molecular complexity index is 299. The lowest BCUT2D eigenvalue weighted by Gasteiger charge is -2.13. The molecule has 0 heterocycles. The summed E-state index contributed by atoms with van der Waals surface area (Å²) in [5.41, 5.74) is 1.32. The molecule has 1 N–H and O–H groups in total. The molecule has 0 aliphatic rings. The van der Waals surface area contributed by atoms with Gasteiger partial charge in [-0.15, -0.1) is 0 Å². The van der Waals surface area contributed by atoms with Crippen molar-refractivity contribution in [3.8, 4) is 5.75 Å². The van der Waals surface area contributed by atoms with Gasteiger partial charge >= 0.3 is 0 Å². The molecule has 0 radical (unpaired) electrons. The third-order valence-electron chi connectivity index (χ3n) is 2.77. The number of hydrogen-bond acceptors (Lipinski definition) is 2. The number of para-hydroxylation sites is 1. The SMILES string of the molecule is CCCOc1ccccc1CCC(C)NC. The van der Waals surface area contributed by atoms with Crippen molar-refractivity contribution in [2.24, 2.45) is 0 Å². The highest BCUT2D eigenvalue weighted by Crippen LogP contribution is 2.20. The van der Waals surface area contributed by atoms with Crippen LogP contribution in [0, 0.1) is 0 Å². The van der Waals surface area contributed by atoms with Crippen LogP contribution in [-0.4, -0.2) is 19.7 Å². The third-order valence-corrected chi connectivity index (χ3v) is 2.77. The second-order valence-electron chi connectivity index (χ2n) is 4.18. The topological polar surface area (TPSA) is 21.3 Å². The van der Waals surface area contributed by atoms with Gasteiger partial charge in [0, 0.05) is 6.04 Å². The first-order valence-electron chi connectivity index (χ1n) is 6.16. The summed E-state index contributed by atoms with van der Waals surface area (Å²) in [5.74, 6) is 1.05. The van der Waals surface area contributed by atoms with Crippen LogP contribution in [0.3, 0.4) is 0 Å². The zero-order chi connectivity index (χ0) is 11.8. The quantitative estimate of drug-likeness (QED) is 0.764. The number of benzene rings is 1. The van der Waals surface area contributed by atoms with E-state index in [1.165, 1.54) is 5.56 Å². The Kier molecular flexibility index (Phi) is 5.94. The van der Waals surface area contributed by atoms with E-state index in [1.54, 1.807) is 0 Å². The van der Waals surface area contributed by atoms with Crippen LogP contribution in [0.15, 0.2) is 24.3 Å². The van der Waals surface area contributed by atoms with Gasteiger partial charge in [0.15, 0.2) is 0 Å². The molecule has 1 unspecified atom stereocenters. The van der Waals surface area contributed by atoms with Crippen LogP contribution in [0.4, 0.5) is 0 Å². The highest BCUT2D eigenvalue weighted by molar-refractivity contribution is 5.33. The van der Waals surface area contributed by atoms with E-state index >= 15 is 0 Å². The summed E-state index contributed by atoms with van der Waals surface area (Å²) < 4.78 is 5.73. The van der Waals surface area contributed by atoms with Gasteiger partial charge in [-0.3, -0.25) is 0 Å². The normalized spacial score (nSPS) is 12.4. The predicted molar refractivity (Wildman–Crippen MR) is 69.1 cm³/mol. The maximum absolute atomic E-state index is 5.73. The van der Waals surface area contributed by atoms with E-state index < -0.39 is 0 Å². The highest BCUT2D eigenvalue weighted by Gasteiger charge is 2.04. The summed E-state index contributed by atoms with van der Waals surface area (Å²) in [7, 11) is 2.00. The van der Waals surface area contributed by atoms with E-state index in [-0.39, 0.29) is 0 Å². The Morgan fingerprint density at radius 1 is 1.31 bits per heavy atom. The minimum Gasteiger partial charge on any atom is -0.493 e. The van der Waals surface area contributed by atoms with Gasteiger partial charge in [0.05, 0.1) is 6.61 Å². The molecule has 2 nitrogen and oxygen atoms in total. The Hall–Kier alpha value is -1.02. The summed E-state index contributed by atoms with van der Waals surface area (Å²) in [5, 5.41) is 3.26. The van der Waals surface area contributed by atoms with Gasteiger partial charge in [0.2, 0.25) is 0 Å². The maximum atomic E-state index is 5.73. The predicted octanol–water partition coefficient (Wildman–Crippen LogP) is 3.02. The van der Waals surface area contributed by atoms with Crippen molar-refractivity contribution >= 4 is 0 Å². The molecule has 0 fully saturated rings. The standard InChI is InChI=1S/C14H23NO/c1-4-11-16-14-8-6-5-7-13(14)10-9-12(2)15-3/h5-8,12,15H,4,9-11H2,1-3H3. The third kappa shape index (κ3) is 4.23. The molecular weight excluding hydrogens is 198 g/mol. The monoisotopic (exact) mass is 221 g/mol. The van der Waals surface area contributed by atoms with Gasteiger partial charge in [-0.1, -0.05) is 25.1 Å². The molecule has 0 spiro atoms. The molecule has 0 saturated carbocycles. The smallest absolute Gasteiger partial charge is 0.122 e. The maximum Gasteiger partial charge on any atom is 0.122 e. The number of nitrogens with one attached hydrogen (secondary N) is 1. The van der Waals surface area contributed by atoms with Crippen LogP contribution < -0.4 is 10.1 Å². The molecule has 0 amide bonds. The molecule has 0 bridgehead atoms. The van der Waals surface area contributed by atoms with Crippen molar-refractivity contribution in [3.05, 3.63) is 29.8 Å². The zero-order valence-electron chi connectivity index (χ0n) is 10.6. The van der Waals surface area contributed by atoms with Crippen LogP contribution in [0.25, 0.3) is 0 Å². The largest absolute Gasteiger partial charge is 0.493 e. The van der Waals surface area contributed by atoms with Crippen LogP contribution in [0.2, 0.25) is 0 Å². The molecule has 2 heteroatoms. The zero-order valence-corrected chi connectivity index (χ0v) is 10.6. The lowest BCUT2D eigenvalue weighted by molar-refractivity contribution is 0.313. The molecular formula is C14H23NO. The highest BCUT2D eigenvalue weighted by atomic mass is 16.5. The Labute approximate surface area is 99.0 Å². The van der Waals surface area contributed by atoms with Crippen molar-refractivity contribution < 1.29 is 4.74 Å². The fourth-order valence-corrected chi connectivity index (χ4v) is 1.58. The average molecular weight is 221 g/mol. The molecule has 90 valence electrons. The first-order valence-corrected chi connectivity index (χ1v) is 6.16. The number of rotatable bonds is 7. The molecule has 1 rings (SSSR count). The molecule has 1 aromatic rings. The van der Waals surface area contributed by atoms with Crippen LogP contribution in [-0.2, 0) is 6.42 Å². The summed E-state index contributed by atoms with van der Waals surface area (Å²) >= 11 is 0. The van der Waals surface area contributed by atoms with Gasteiger partial charge in [-0.05, 0) is 44.9 Å². The van der Waals surface area contributed by atoms with Crippen LogP contribution in [0.5, 0.6) is 5.75 Å². The summed E-state index contributed by atoms with van der Waals surface area (Å²) in [6.45, 7) is 5.14. The number of ether oxygens (including phenoxy) is 1. The second-order valence-corrected chi connectivity index (χ2v) is 4.18. The van der Waals surface area contributed by atoms with Crippen molar-refractivity contribution in [2.75, 3.05) is 13.7 Å². The van der Waals surface area contributed by atoms with E-state index in [9.17, 15) is 0 Å². The van der Waals surface area contributed by atoms with E-state index in [2.05, 4.69) is 37.4 Å². The molecule has 0 saturated heterocycles. The molecule has 1 atom stereocenters. The molecule has 1 aromatic carbocycles. The van der Waals surface area contributed by atoms with Gasteiger partial charge < -0.3 is 10.1 Å². The number of hydrogen-bond donors (Lipinski definition) is 1. The first kappa shape index (κ1) is 13.0. The van der Waals surface area contributed by atoms with Crippen molar-refractivity contribution in [1.82, 2.24) is 5.32 Å². The summed E-state index contributed by atoms with van der Waals surface area (Å²) in [6.07, 6.45) is 3.27. The van der Waals surface area contributed by atoms with Crippen molar-refractivity contribution in [1.29, 1.82) is 0 Å². The average Bonchev–Trinajstić information content (AvgIpc) is 2.34. The van der Waals surface area contributed by atoms with Gasteiger partial charge in [-0.2, -0.15) is 0 Å². The van der Waals surface area contributed by atoms with Crippen LogP contribution >= 0.6 is 0 Å². The van der Waals surface area contributed by atoms with E-state index in [1.807, 2.05) is 13.1 Å². The molecule has 16 heavy (non-hydrogen) atoms. The van der Waals surface area contributed by atoms with Gasteiger partial charge in [0.25, 0.3) is 0 Å². The lowest BCUT2D eigenvalue weighted by Crippen LogP contribution is -2.21. The van der Waals surface area contributed by atoms with E-state index in [0.717, 1.165) is 31.6 Å². The second kappa shape index (κ2) is 7.29. The lowest BCUT2D eigenvalue weighted by atomic mass is 10.1. The summed E-state index contributed by atoms with van der Waals surface area (Å²) in [6, 6.07) is 8.90. The molecule has 0 aliphatic carbocycles. The van der Waals surface area contributed by atoms with Crippen molar-refractivity contribution in [3.63, 3.8) is 0 Å². The van der Waals surface area contributed by atoms with E-state index in [4.69, 9.17) is 4.74 Å². The number of aryl methyl sites for hydroxylation is 1. The Morgan fingerprint density at radius 2 is 2.06 bits per heavy atom. The minimum absolute atomic E-state index is 0.555.